The molecule has 1 atom stereocenters. The number of aryl methyl sites for hydroxylation is 1. The van der Waals surface area contributed by atoms with Gasteiger partial charge in [0.2, 0.25) is 5.89 Å². The van der Waals surface area contributed by atoms with Crippen LogP contribution in [0.4, 0.5) is 23.7 Å². The van der Waals surface area contributed by atoms with Crippen LogP contribution < -0.4 is 5.32 Å². The van der Waals surface area contributed by atoms with Crippen LogP contribution in [0.15, 0.2) is 28.8 Å². The molecule has 7 nitrogen and oxygen atoms in total. The second-order valence-electron chi connectivity index (χ2n) is 7.89. The fourth-order valence-electron chi connectivity index (χ4n) is 3.57. The summed E-state index contributed by atoms with van der Waals surface area (Å²) >= 11 is 0. The van der Waals surface area contributed by atoms with Crippen molar-refractivity contribution in [2.75, 3.05) is 31.5 Å². The van der Waals surface area contributed by atoms with E-state index in [2.05, 4.69) is 34.2 Å². The van der Waals surface area contributed by atoms with Gasteiger partial charge >= 0.3 is 12.2 Å². The first kappa shape index (κ1) is 22.1. The minimum atomic E-state index is -4.47. The van der Waals surface area contributed by atoms with Gasteiger partial charge in [0, 0.05) is 31.9 Å². The third kappa shape index (κ3) is 5.50. The molecule has 1 unspecified atom stereocenters. The molecule has 3 rings (SSSR count). The summed E-state index contributed by atoms with van der Waals surface area (Å²) in [7, 11) is 0. The van der Waals surface area contributed by atoms with E-state index in [4.69, 9.17) is 4.52 Å². The van der Waals surface area contributed by atoms with Crippen LogP contribution in [0.25, 0.3) is 0 Å². The van der Waals surface area contributed by atoms with Crippen molar-refractivity contribution in [2.45, 2.75) is 39.4 Å². The number of halogens is 3. The predicted molar refractivity (Wildman–Crippen MR) is 105 cm³/mol. The van der Waals surface area contributed by atoms with Gasteiger partial charge in [0.25, 0.3) is 0 Å². The molecule has 2 heterocycles. The molecule has 0 spiro atoms. The SMILES string of the molecule is Cc1noc(C2CN(C(=O)Nc3cccc(C(F)(F)F)c3)CCCN2CC(C)C)n1. The molecule has 1 aromatic carbocycles. The Hall–Kier alpha value is -2.62. The lowest BCUT2D eigenvalue weighted by Gasteiger charge is -2.30. The van der Waals surface area contributed by atoms with Crippen LogP contribution in [0.1, 0.15) is 43.6 Å². The summed E-state index contributed by atoms with van der Waals surface area (Å²) < 4.78 is 44.2. The predicted octanol–water partition coefficient (Wildman–Crippen LogP) is 4.33. The molecule has 1 N–H and O–H groups in total. The van der Waals surface area contributed by atoms with Crippen LogP contribution in [0.5, 0.6) is 0 Å². The maximum absolute atomic E-state index is 12.9. The lowest BCUT2D eigenvalue weighted by atomic mass is 10.1. The van der Waals surface area contributed by atoms with Gasteiger partial charge in [0.1, 0.15) is 6.04 Å². The zero-order valence-corrected chi connectivity index (χ0v) is 17.2. The molecule has 2 amide bonds. The maximum atomic E-state index is 12.9. The number of rotatable bonds is 4. The van der Waals surface area contributed by atoms with Gasteiger partial charge in [-0.15, -0.1) is 0 Å². The number of benzene rings is 1. The first-order chi connectivity index (χ1) is 14.1. The Morgan fingerprint density at radius 3 is 2.73 bits per heavy atom. The Morgan fingerprint density at radius 2 is 2.10 bits per heavy atom. The van der Waals surface area contributed by atoms with Gasteiger partial charge in [0.05, 0.1) is 5.56 Å². The maximum Gasteiger partial charge on any atom is 0.416 e. The lowest BCUT2D eigenvalue weighted by Crippen LogP contribution is -2.40. The number of nitrogens with one attached hydrogen (secondary N) is 1. The normalized spacial score (nSPS) is 18.5. The van der Waals surface area contributed by atoms with Crippen molar-refractivity contribution < 1.29 is 22.5 Å². The molecule has 0 bridgehead atoms. The molecule has 164 valence electrons. The molecule has 1 aliphatic rings. The van der Waals surface area contributed by atoms with Crippen LogP contribution in [0.2, 0.25) is 0 Å². The Labute approximate surface area is 173 Å². The van der Waals surface area contributed by atoms with Gasteiger partial charge in [-0.25, -0.2) is 4.79 Å². The number of aromatic nitrogens is 2. The Balaban J connectivity index is 1.77. The van der Waals surface area contributed by atoms with Crippen molar-refractivity contribution in [1.82, 2.24) is 19.9 Å². The van der Waals surface area contributed by atoms with Crippen LogP contribution in [0.3, 0.4) is 0 Å². The van der Waals surface area contributed by atoms with Crippen molar-refractivity contribution >= 4 is 11.7 Å². The van der Waals surface area contributed by atoms with Crippen LogP contribution >= 0.6 is 0 Å². The highest BCUT2D eigenvalue weighted by molar-refractivity contribution is 5.89. The van der Waals surface area contributed by atoms with E-state index in [-0.39, 0.29) is 11.7 Å². The number of alkyl halides is 3. The van der Waals surface area contributed by atoms with Crippen molar-refractivity contribution in [1.29, 1.82) is 0 Å². The monoisotopic (exact) mass is 425 g/mol. The summed E-state index contributed by atoms with van der Waals surface area (Å²) in [5, 5.41) is 6.45. The minimum absolute atomic E-state index is 0.100. The molecule has 1 saturated heterocycles. The zero-order chi connectivity index (χ0) is 21.9. The Morgan fingerprint density at radius 1 is 1.33 bits per heavy atom. The largest absolute Gasteiger partial charge is 0.416 e. The highest BCUT2D eigenvalue weighted by Crippen LogP contribution is 2.31. The average molecular weight is 425 g/mol. The quantitative estimate of drug-likeness (QED) is 0.789. The third-order valence-corrected chi connectivity index (χ3v) is 4.86. The fourth-order valence-corrected chi connectivity index (χ4v) is 3.57. The number of carbonyl (C=O) groups is 1. The second kappa shape index (κ2) is 9.03. The van der Waals surface area contributed by atoms with Gasteiger partial charge < -0.3 is 14.7 Å². The molecule has 1 fully saturated rings. The summed E-state index contributed by atoms with van der Waals surface area (Å²) in [5.74, 6) is 1.35. The van der Waals surface area contributed by atoms with Crippen molar-refractivity contribution in [2.24, 2.45) is 5.92 Å². The number of hydrogen-bond acceptors (Lipinski definition) is 5. The standard InChI is InChI=1S/C20H26F3N5O2/c1-13(2)11-27-8-5-9-28(12-17(27)18-24-14(3)26-30-18)19(29)25-16-7-4-6-15(10-16)20(21,22)23/h4,6-7,10,13,17H,5,8-9,11-12H2,1-3H3,(H,25,29). The van der Waals surface area contributed by atoms with E-state index in [0.717, 1.165) is 31.6 Å². The molecule has 30 heavy (non-hydrogen) atoms. The molecule has 0 aliphatic carbocycles. The van der Waals surface area contributed by atoms with Crippen molar-refractivity contribution in [3.8, 4) is 0 Å². The Bertz CT molecular complexity index is 868. The van der Waals surface area contributed by atoms with Crippen LogP contribution in [-0.4, -0.2) is 52.2 Å². The number of hydrogen-bond donors (Lipinski definition) is 1. The molecule has 2 aromatic rings. The first-order valence-electron chi connectivity index (χ1n) is 9.91. The fraction of sp³-hybridized carbons (Fsp3) is 0.550. The average Bonchev–Trinajstić information content (AvgIpc) is 2.97. The summed E-state index contributed by atoms with van der Waals surface area (Å²) in [6.07, 6.45) is -3.74. The first-order valence-corrected chi connectivity index (χ1v) is 9.91. The second-order valence-corrected chi connectivity index (χ2v) is 7.89. The summed E-state index contributed by atoms with van der Waals surface area (Å²) in [5.41, 5.74) is -0.707. The smallest absolute Gasteiger partial charge is 0.338 e. The van der Waals surface area contributed by atoms with E-state index in [1.165, 1.54) is 12.1 Å². The van der Waals surface area contributed by atoms with Gasteiger partial charge in [-0.2, -0.15) is 18.2 Å². The molecule has 0 radical (unpaired) electrons. The number of nitrogens with zero attached hydrogens (tertiary/aromatic N) is 4. The van der Waals surface area contributed by atoms with Gasteiger partial charge in [-0.1, -0.05) is 25.1 Å². The molecular weight excluding hydrogens is 399 g/mol. The molecule has 10 heteroatoms. The van der Waals surface area contributed by atoms with Gasteiger partial charge in [-0.3, -0.25) is 4.90 Å². The summed E-state index contributed by atoms with van der Waals surface area (Å²) in [6, 6.07) is 3.88. The van der Waals surface area contributed by atoms with E-state index >= 15 is 0 Å². The van der Waals surface area contributed by atoms with E-state index in [1.807, 2.05) is 0 Å². The van der Waals surface area contributed by atoms with Gasteiger partial charge in [0.15, 0.2) is 5.82 Å². The van der Waals surface area contributed by atoms with Crippen LogP contribution in [-0.2, 0) is 6.18 Å². The van der Waals surface area contributed by atoms with Crippen LogP contribution in [0, 0.1) is 12.8 Å². The molecule has 1 aliphatic heterocycles. The molecule has 0 saturated carbocycles. The minimum Gasteiger partial charge on any atom is -0.338 e. The van der Waals surface area contributed by atoms with Gasteiger partial charge in [-0.05, 0) is 37.5 Å². The van der Waals surface area contributed by atoms with E-state index in [0.29, 0.717) is 30.7 Å². The number of carbonyl (C=O) groups excluding carboxylic acids is 1. The summed E-state index contributed by atoms with van der Waals surface area (Å²) in [6.45, 7) is 8.28. The number of anilines is 1. The van der Waals surface area contributed by atoms with Crippen molar-refractivity contribution in [3.63, 3.8) is 0 Å². The highest BCUT2D eigenvalue weighted by Gasteiger charge is 2.33. The number of amides is 2. The highest BCUT2D eigenvalue weighted by atomic mass is 19.4. The van der Waals surface area contributed by atoms with Crippen molar-refractivity contribution in [3.05, 3.63) is 41.5 Å². The Kier molecular flexibility index (Phi) is 6.64. The summed E-state index contributed by atoms with van der Waals surface area (Å²) in [4.78, 5) is 21.0. The lowest BCUT2D eigenvalue weighted by molar-refractivity contribution is -0.137. The molecule has 1 aromatic heterocycles. The van der Waals surface area contributed by atoms with E-state index in [1.54, 1.807) is 11.8 Å². The molecular formula is C20H26F3N5O2. The zero-order valence-electron chi connectivity index (χ0n) is 17.2. The number of urea groups is 1. The topological polar surface area (TPSA) is 74.5 Å². The van der Waals surface area contributed by atoms with E-state index in [9.17, 15) is 18.0 Å². The van der Waals surface area contributed by atoms with E-state index < -0.39 is 17.8 Å². The third-order valence-electron chi connectivity index (χ3n) is 4.86.